The van der Waals surface area contributed by atoms with E-state index in [4.69, 9.17) is 0 Å². The number of hydrogen-bond donors (Lipinski definition) is 1. The Labute approximate surface area is 160 Å². The Kier molecular flexibility index (Phi) is 4.72. The minimum Gasteiger partial charge on any atom is -0.350 e. The average molecular weight is 380 g/mol. The summed E-state index contributed by atoms with van der Waals surface area (Å²) in [6, 6.07) is 8.12. The van der Waals surface area contributed by atoms with Crippen LogP contribution in [-0.2, 0) is 13.0 Å². The van der Waals surface area contributed by atoms with Crippen molar-refractivity contribution in [3.05, 3.63) is 59.3 Å². The zero-order valence-electron chi connectivity index (χ0n) is 15.2. The lowest BCUT2D eigenvalue weighted by molar-refractivity contribution is 0.0948. The highest BCUT2D eigenvalue weighted by molar-refractivity contribution is 7.15. The van der Waals surface area contributed by atoms with Crippen molar-refractivity contribution in [3.8, 4) is 11.3 Å². The lowest BCUT2D eigenvalue weighted by Crippen LogP contribution is -2.27. The molecule has 0 aliphatic carbocycles. The summed E-state index contributed by atoms with van der Waals surface area (Å²) in [4.78, 5) is 18.1. The molecule has 0 saturated heterocycles. The Bertz CT molecular complexity index is 1090. The molecule has 7 nitrogen and oxygen atoms in total. The van der Waals surface area contributed by atoms with E-state index in [-0.39, 0.29) is 5.91 Å². The van der Waals surface area contributed by atoms with Gasteiger partial charge in [0, 0.05) is 36.7 Å². The first-order valence-corrected chi connectivity index (χ1v) is 9.72. The predicted molar refractivity (Wildman–Crippen MR) is 105 cm³/mol. The van der Waals surface area contributed by atoms with E-state index in [0.29, 0.717) is 18.7 Å². The fourth-order valence-electron chi connectivity index (χ4n) is 3.05. The number of hydrogen-bond acceptors (Lipinski definition) is 5. The summed E-state index contributed by atoms with van der Waals surface area (Å²) in [5.41, 5.74) is 3.72. The van der Waals surface area contributed by atoms with Crippen molar-refractivity contribution in [3.63, 3.8) is 0 Å². The number of fused-ring (bicyclic) bond motifs is 1. The molecule has 0 atom stereocenters. The Balaban J connectivity index is 1.50. The fourth-order valence-corrected chi connectivity index (χ4v) is 3.91. The molecule has 27 heavy (non-hydrogen) atoms. The molecule has 0 fully saturated rings. The molecule has 0 spiro atoms. The number of nitrogens with one attached hydrogen (secondary N) is 1. The third-order valence-electron chi connectivity index (χ3n) is 4.53. The zero-order valence-corrected chi connectivity index (χ0v) is 16.0. The molecule has 0 saturated carbocycles. The van der Waals surface area contributed by atoms with Gasteiger partial charge in [-0.1, -0.05) is 24.3 Å². The number of aromatic nitrogens is 5. The number of aryl methyl sites for hydroxylation is 2. The van der Waals surface area contributed by atoms with Gasteiger partial charge >= 0.3 is 0 Å². The van der Waals surface area contributed by atoms with E-state index in [1.54, 1.807) is 6.33 Å². The van der Waals surface area contributed by atoms with E-state index >= 15 is 0 Å². The van der Waals surface area contributed by atoms with Crippen LogP contribution < -0.4 is 5.32 Å². The summed E-state index contributed by atoms with van der Waals surface area (Å²) in [6.07, 6.45) is 4.28. The molecular formula is C19H20N6OS. The molecule has 3 aromatic heterocycles. The number of benzene rings is 1. The van der Waals surface area contributed by atoms with Gasteiger partial charge in [-0.2, -0.15) is 0 Å². The normalized spacial score (nSPS) is 11.2. The number of imidazole rings is 1. The maximum absolute atomic E-state index is 12.6. The van der Waals surface area contributed by atoms with Crippen LogP contribution in [0, 0.1) is 6.92 Å². The topological polar surface area (TPSA) is 77.1 Å². The number of carbonyl (C=O) groups excluding carboxylic acids is 1. The summed E-state index contributed by atoms with van der Waals surface area (Å²) in [5.74, 6) is 0.760. The molecule has 1 N–H and O–H groups in total. The second-order valence-corrected chi connectivity index (χ2v) is 7.09. The summed E-state index contributed by atoms with van der Waals surface area (Å²) >= 11 is 1.47. The smallest absolute Gasteiger partial charge is 0.269 e. The molecule has 0 unspecified atom stereocenters. The van der Waals surface area contributed by atoms with Gasteiger partial charge in [-0.3, -0.25) is 9.20 Å². The predicted octanol–water partition coefficient (Wildman–Crippen LogP) is 2.96. The van der Waals surface area contributed by atoms with Crippen LogP contribution in [0.4, 0.5) is 0 Å². The van der Waals surface area contributed by atoms with Crippen LogP contribution in [0.25, 0.3) is 16.2 Å². The van der Waals surface area contributed by atoms with Crippen LogP contribution >= 0.6 is 11.3 Å². The molecular weight excluding hydrogens is 360 g/mol. The number of amides is 1. The summed E-state index contributed by atoms with van der Waals surface area (Å²) in [5, 5.41) is 12.8. The van der Waals surface area contributed by atoms with E-state index in [9.17, 15) is 4.79 Å². The third kappa shape index (κ3) is 3.35. The number of carbonyl (C=O) groups is 1. The minimum absolute atomic E-state index is 0.113. The Morgan fingerprint density at radius 2 is 2.15 bits per heavy atom. The fraction of sp³-hybridized carbons (Fsp3) is 0.263. The molecule has 0 bridgehead atoms. The van der Waals surface area contributed by atoms with E-state index < -0.39 is 0 Å². The summed E-state index contributed by atoms with van der Waals surface area (Å²) in [6.45, 7) is 5.43. The molecule has 1 aromatic carbocycles. The van der Waals surface area contributed by atoms with Gasteiger partial charge in [0.05, 0.1) is 5.69 Å². The maximum atomic E-state index is 12.6. The van der Waals surface area contributed by atoms with Crippen LogP contribution in [0.15, 0.2) is 42.2 Å². The van der Waals surface area contributed by atoms with E-state index in [2.05, 4.69) is 33.5 Å². The monoisotopic (exact) mass is 380 g/mol. The van der Waals surface area contributed by atoms with E-state index in [1.807, 2.05) is 45.7 Å². The van der Waals surface area contributed by atoms with Crippen molar-refractivity contribution in [1.29, 1.82) is 0 Å². The molecule has 1 amide bonds. The highest BCUT2D eigenvalue weighted by Crippen LogP contribution is 2.25. The highest BCUT2D eigenvalue weighted by Gasteiger charge is 2.16. The minimum atomic E-state index is -0.113. The van der Waals surface area contributed by atoms with Crippen LogP contribution in [0.5, 0.6) is 0 Å². The Hall–Kier alpha value is -3.00. The van der Waals surface area contributed by atoms with Gasteiger partial charge < -0.3 is 9.88 Å². The molecule has 0 aliphatic rings. The highest BCUT2D eigenvalue weighted by atomic mass is 32.1. The number of nitrogens with zero attached hydrogens (tertiary/aromatic N) is 5. The van der Waals surface area contributed by atoms with Crippen molar-refractivity contribution in [1.82, 2.24) is 29.5 Å². The lowest BCUT2D eigenvalue weighted by Gasteiger charge is -2.05. The average Bonchev–Trinajstić information content (AvgIpc) is 3.37. The largest absolute Gasteiger partial charge is 0.350 e. The van der Waals surface area contributed by atoms with Crippen LogP contribution in [0.3, 0.4) is 0 Å². The maximum Gasteiger partial charge on any atom is 0.269 e. The second-order valence-electron chi connectivity index (χ2n) is 6.25. The Morgan fingerprint density at radius 3 is 2.96 bits per heavy atom. The van der Waals surface area contributed by atoms with Crippen LogP contribution in [0.1, 0.15) is 28.8 Å². The van der Waals surface area contributed by atoms with Gasteiger partial charge in [0.1, 0.15) is 17.8 Å². The first-order chi connectivity index (χ1) is 13.2. The summed E-state index contributed by atoms with van der Waals surface area (Å²) < 4.78 is 3.83. The molecule has 8 heteroatoms. The van der Waals surface area contributed by atoms with Crippen molar-refractivity contribution < 1.29 is 4.79 Å². The van der Waals surface area contributed by atoms with E-state index in [1.165, 1.54) is 11.3 Å². The first-order valence-electron chi connectivity index (χ1n) is 8.85. The van der Waals surface area contributed by atoms with Crippen LogP contribution in [0.2, 0.25) is 0 Å². The van der Waals surface area contributed by atoms with Crippen molar-refractivity contribution in [2.24, 2.45) is 0 Å². The molecule has 0 radical (unpaired) electrons. The zero-order chi connectivity index (χ0) is 18.8. The standard InChI is InChI=1S/C19H20N6OS/c1-3-24-12-21-23-17(24)8-9-20-18(26)16-11-27-19-22-15(10-25(16)19)14-7-5-4-6-13(14)2/h4-7,10-12H,3,8-9H2,1-2H3,(H,20,26). The van der Waals surface area contributed by atoms with Gasteiger partial charge in [0.2, 0.25) is 0 Å². The molecule has 4 aromatic rings. The van der Waals surface area contributed by atoms with Crippen molar-refractivity contribution in [2.75, 3.05) is 6.54 Å². The first kappa shape index (κ1) is 17.4. The van der Waals surface area contributed by atoms with Crippen molar-refractivity contribution in [2.45, 2.75) is 26.8 Å². The van der Waals surface area contributed by atoms with Gasteiger partial charge in [0.25, 0.3) is 5.91 Å². The number of rotatable bonds is 6. The molecule has 138 valence electrons. The SMILES string of the molecule is CCn1cnnc1CCNC(=O)c1csc2nc(-c3ccccc3C)cn12. The van der Waals surface area contributed by atoms with Gasteiger partial charge in [-0.25, -0.2) is 4.98 Å². The lowest BCUT2D eigenvalue weighted by atomic mass is 10.1. The van der Waals surface area contributed by atoms with Crippen molar-refractivity contribution >= 4 is 22.2 Å². The third-order valence-corrected chi connectivity index (χ3v) is 5.37. The Morgan fingerprint density at radius 1 is 1.30 bits per heavy atom. The molecule has 3 heterocycles. The van der Waals surface area contributed by atoms with Gasteiger partial charge in [0.15, 0.2) is 4.96 Å². The van der Waals surface area contributed by atoms with E-state index in [0.717, 1.165) is 34.2 Å². The van der Waals surface area contributed by atoms with Crippen LogP contribution in [-0.4, -0.2) is 36.6 Å². The van der Waals surface area contributed by atoms with Gasteiger partial charge in [-0.05, 0) is 19.4 Å². The molecule has 0 aliphatic heterocycles. The summed E-state index contributed by atoms with van der Waals surface area (Å²) in [7, 11) is 0. The number of thiazole rings is 1. The second kappa shape index (κ2) is 7.32. The van der Waals surface area contributed by atoms with Gasteiger partial charge in [-0.15, -0.1) is 21.5 Å². The molecule has 4 rings (SSSR count). The quantitative estimate of drug-likeness (QED) is 0.558.